The second kappa shape index (κ2) is 5.89. The summed E-state index contributed by atoms with van der Waals surface area (Å²) in [6.45, 7) is 0.428. The van der Waals surface area contributed by atoms with Gasteiger partial charge in [0.25, 0.3) is 0 Å². The molecule has 0 bridgehead atoms. The van der Waals surface area contributed by atoms with Crippen LogP contribution in [0.4, 0.5) is 0 Å². The molecule has 0 atom stereocenters. The first-order valence-electron chi connectivity index (χ1n) is 6.60. The summed E-state index contributed by atoms with van der Waals surface area (Å²) >= 11 is 4.92. The van der Waals surface area contributed by atoms with Crippen LogP contribution in [0.2, 0.25) is 0 Å². The van der Waals surface area contributed by atoms with Crippen LogP contribution in [-0.2, 0) is 6.61 Å². The lowest BCUT2D eigenvalue weighted by molar-refractivity contribution is 0.302. The monoisotopic (exact) mass is 294 g/mol. The van der Waals surface area contributed by atoms with Crippen LogP contribution in [-0.4, -0.2) is 9.97 Å². The highest BCUT2D eigenvalue weighted by Crippen LogP contribution is 2.16. The van der Waals surface area contributed by atoms with Crippen LogP contribution in [0.15, 0.2) is 60.7 Å². The molecule has 0 unspecified atom stereocenters. The molecule has 0 radical (unpaired) electrons. The van der Waals surface area contributed by atoms with Crippen molar-refractivity contribution in [2.45, 2.75) is 6.61 Å². The van der Waals surface area contributed by atoms with Gasteiger partial charge in [-0.15, -0.1) is 0 Å². The van der Waals surface area contributed by atoms with Gasteiger partial charge in [0.15, 0.2) is 0 Å². The normalized spacial score (nSPS) is 10.5. The molecule has 21 heavy (non-hydrogen) atoms. The molecule has 1 aromatic heterocycles. The van der Waals surface area contributed by atoms with E-state index in [9.17, 15) is 0 Å². The van der Waals surface area contributed by atoms with Gasteiger partial charge in [-0.25, -0.2) is 4.98 Å². The van der Waals surface area contributed by atoms with Gasteiger partial charge < -0.3 is 10.5 Å². The molecule has 4 heteroatoms. The van der Waals surface area contributed by atoms with E-state index in [-0.39, 0.29) is 0 Å². The van der Waals surface area contributed by atoms with Gasteiger partial charge in [-0.05, 0) is 36.4 Å². The molecule has 0 amide bonds. The lowest BCUT2D eigenvalue weighted by Gasteiger charge is -2.07. The standard InChI is InChI=1S/C17H14N2OS/c18-17(21)13-6-9-15(10-7-13)20-11-14-8-5-12-3-1-2-4-16(12)19-14/h1-10H,11H2,(H2,18,21). The average molecular weight is 294 g/mol. The minimum atomic E-state index is 0.387. The molecule has 3 nitrogen and oxygen atoms in total. The van der Waals surface area contributed by atoms with Gasteiger partial charge in [0.05, 0.1) is 11.2 Å². The Kier molecular flexibility index (Phi) is 3.79. The van der Waals surface area contributed by atoms with E-state index in [1.54, 1.807) is 0 Å². The van der Waals surface area contributed by atoms with Crippen molar-refractivity contribution < 1.29 is 4.74 Å². The van der Waals surface area contributed by atoms with Crippen LogP contribution in [0.25, 0.3) is 10.9 Å². The second-order valence-corrected chi connectivity index (χ2v) is 5.11. The second-order valence-electron chi connectivity index (χ2n) is 4.67. The molecule has 0 spiro atoms. The Morgan fingerprint density at radius 1 is 1.00 bits per heavy atom. The zero-order valence-corrected chi connectivity index (χ0v) is 12.1. The van der Waals surface area contributed by atoms with E-state index < -0.39 is 0 Å². The molecule has 2 N–H and O–H groups in total. The number of para-hydroxylation sites is 1. The molecule has 1 heterocycles. The van der Waals surface area contributed by atoms with Gasteiger partial charge in [-0.1, -0.05) is 36.5 Å². The first-order valence-corrected chi connectivity index (χ1v) is 7.00. The lowest BCUT2D eigenvalue weighted by atomic mass is 10.2. The zero-order valence-electron chi connectivity index (χ0n) is 11.3. The molecule has 0 fully saturated rings. The van der Waals surface area contributed by atoms with Crippen molar-refractivity contribution in [3.8, 4) is 5.75 Å². The number of aromatic nitrogens is 1. The summed E-state index contributed by atoms with van der Waals surface area (Å²) in [6, 6.07) is 19.5. The summed E-state index contributed by atoms with van der Waals surface area (Å²) in [4.78, 5) is 4.96. The number of rotatable bonds is 4. The van der Waals surface area contributed by atoms with Crippen molar-refractivity contribution in [3.63, 3.8) is 0 Å². The maximum absolute atomic E-state index is 5.73. The van der Waals surface area contributed by atoms with Crippen molar-refractivity contribution in [1.29, 1.82) is 0 Å². The Morgan fingerprint density at radius 2 is 1.76 bits per heavy atom. The molecule has 0 aliphatic heterocycles. The van der Waals surface area contributed by atoms with Crippen molar-refractivity contribution in [1.82, 2.24) is 4.98 Å². The minimum absolute atomic E-state index is 0.387. The molecule has 3 rings (SSSR count). The van der Waals surface area contributed by atoms with Crippen LogP contribution in [0.5, 0.6) is 5.75 Å². The Morgan fingerprint density at radius 3 is 2.52 bits per heavy atom. The Hall–Kier alpha value is -2.46. The van der Waals surface area contributed by atoms with E-state index in [1.807, 2.05) is 54.6 Å². The fraction of sp³-hybridized carbons (Fsp3) is 0.0588. The van der Waals surface area contributed by atoms with Crippen molar-refractivity contribution >= 4 is 28.1 Å². The third kappa shape index (κ3) is 3.17. The Balaban J connectivity index is 1.72. The molecular weight excluding hydrogens is 280 g/mol. The first-order chi connectivity index (χ1) is 10.2. The maximum Gasteiger partial charge on any atom is 0.130 e. The molecule has 104 valence electrons. The highest BCUT2D eigenvalue weighted by atomic mass is 32.1. The molecule has 0 aliphatic rings. The number of thiocarbonyl (C=S) groups is 1. The zero-order chi connectivity index (χ0) is 14.7. The maximum atomic E-state index is 5.73. The van der Waals surface area contributed by atoms with Crippen LogP contribution in [0, 0.1) is 0 Å². The van der Waals surface area contributed by atoms with E-state index in [0.29, 0.717) is 11.6 Å². The molecule has 2 aromatic carbocycles. The van der Waals surface area contributed by atoms with Gasteiger partial charge in [0.2, 0.25) is 0 Å². The van der Waals surface area contributed by atoms with E-state index in [4.69, 9.17) is 22.7 Å². The first kappa shape index (κ1) is 13.5. The predicted molar refractivity (Wildman–Crippen MR) is 88.4 cm³/mol. The number of nitrogens with two attached hydrogens (primary N) is 1. The Labute approximate surface area is 128 Å². The summed E-state index contributed by atoms with van der Waals surface area (Å²) in [6.07, 6.45) is 0. The lowest BCUT2D eigenvalue weighted by Crippen LogP contribution is -2.08. The smallest absolute Gasteiger partial charge is 0.130 e. The Bertz CT molecular complexity index is 784. The van der Waals surface area contributed by atoms with E-state index in [0.717, 1.165) is 27.9 Å². The van der Waals surface area contributed by atoms with Gasteiger partial charge in [-0.3, -0.25) is 0 Å². The topological polar surface area (TPSA) is 48.1 Å². The predicted octanol–water partition coefficient (Wildman–Crippen LogP) is 3.45. The van der Waals surface area contributed by atoms with Crippen molar-refractivity contribution in [2.75, 3.05) is 0 Å². The average Bonchev–Trinajstić information content (AvgIpc) is 2.53. The van der Waals surface area contributed by atoms with E-state index in [1.165, 1.54) is 0 Å². The minimum Gasteiger partial charge on any atom is -0.487 e. The van der Waals surface area contributed by atoms with E-state index >= 15 is 0 Å². The van der Waals surface area contributed by atoms with Gasteiger partial charge >= 0.3 is 0 Å². The fourth-order valence-electron chi connectivity index (χ4n) is 2.06. The van der Waals surface area contributed by atoms with Crippen molar-refractivity contribution in [3.05, 3.63) is 71.9 Å². The number of nitrogens with zero attached hydrogens (tertiary/aromatic N) is 1. The number of pyridine rings is 1. The molecule has 0 aliphatic carbocycles. The number of ether oxygens (including phenoxy) is 1. The summed E-state index contributed by atoms with van der Waals surface area (Å²) < 4.78 is 5.73. The summed E-state index contributed by atoms with van der Waals surface area (Å²) in [5.41, 5.74) is 8.27. The SMILES string of the molecule is NC(=S)c1ccc(OCc2ccc3ccccc3n2)cc1. The fourth-order valence-corrected chi connectivity index (χ4v) is 2.20. The summed E-state index contributed by atoms with van der Waals surface area (Å²) in [5.74, 6) is 0.768. The molecule has 3 aromatic rings. The van der Waals surface area contributed by atoms with Crippen LogP contribution < -0.4 is 10.5 Å². The summed E-state index contributed by atoms with van der Waals surface area (Å²) in [7, 11) is 0. The molecular formula is C17H14N2OS. The largest absolute Gasteiger partial charge is 0.487 e. The van der Waals surface area contributed by atoms with Gasteiger partial charge in [-0.2, -0.15) is 0 Å². The van der Waals surface area contributed by atoms with Crippen LogP contribution in [0.3, 0.4) is 0 Å². The summed E-state index contributed by atoms with van der Waals surface area (Å²) in [5, 5.41) is 1.13. The third-order valence-corrected chi connectivity index (χ3v) is 3.42. The van der Waals surface area contributed by atoms with Crippen LogP contribution in [0.1, 0.15) is 11.3 Å². The van der Waals surface area contributed by atoms with Gasteiger partial charge in [0.1, 0.15) is 17.3 Å². The highest BCUT2D eigenvalue weighted by molar-refractivity contribution is 7.80. The van der Waals surface area contributed by atoms with Crippen molar-refractivity contribution in [2.24, 2.45) is 5.73 Å². The quantitative estimate of drug-likeness (QED) is 0.749. The number of hydrogen-bond acceptors (Lipinski definition) is 3. The molecule has 0 saturated heterocycles. The van der Waals surface area contributed by atoms with E-state index in [2.05, 4.69) is 11.1 Å². The molecule has 0 saturated carbocycles. The number of fused-ring (bicyclic) bond motifs is 1. The number of benzene rings is 2. The third-order valence-electron chi connectivity index (χ3n) is 3.18. The van der Waals surface area contributed by atoms with Crippen LogP contribution >= 0.6 is 12.2 Å². The van der Waals surface area contributed by atoms with Gasteiger partial charge in [0, 0.05) is 10.9 Å². The highest BCUT2D eigenvalue weighted by Gasteiger charge is 2.01. The number of hydrogen-bond donors (Lipinski definition) is 1.